The van der Waals surface area contributed by atoms with E-state index < -0.39 is 17.8 Å². The molecule has 1 fully saturated rings. The topological polar surface area (TPSA) is 57.7 Å². The van der Waals surface area contributed by atoms with Crippen LogP contribution in [-0.4, -0.2) is 40.7 Å². The van der Waals surface area contributed by atoms with Crippen molar-refractivity contribution >= 4 is 33.8 Å². The van der Waals surface area contributed by atoms with E-state index in [0.29, 0.717) is 4.48 Å². The second-order valence-corrected chi connectivity index (χ2v) is 5.12. The fourth-order valence-electron chi connectivity index (χ4n) is 1.39. The van der Waals surface area contributed by atoms with E-state index in [-0.39, 0.29) is 19.0 Å². The average Bonchev–Trinajstić information content (AvgIpc) is 2.34. The maximum absolute atomic E-state index is 11.7. The fraction of sp³-hybridized carbons (Fsp3) is 0.500. The second kappa shape index (κ2) is 4.78. The molecule has 0 saturated carbocycles. The van der Waals surface area contributed by atoms with E-state index in [1.165, 1.54) is 0 Å². The minimum atomic E-state index is -0.786. The minimum absolute atomic E-state index is 0.0258. The van der Waals surface area contributed by atoms with Crippen LogP contribution in [0.2, 0.25) is 0 Å². The summed E-state index contributed by atoms with van der Waals surface area (Å²) in [6, 6.07) is -0.565. The van der Waals surface area contributed by atoms with Crippen molar-refractivity contribution in [2.75, 3.05) is 13.1 Å². The van der Waals surface area contributed by atoms with Gasteiger partial charge in [0.15, 0.2) is 0 Å². The van der Waals surface area contributed by atoms with Gasteiger partial charge in [0.1, 0.15) is 0 Å². The van der Waals surface area contributed by atoms with E-state index in [1.54, 1.807) is 0 Å². The highest BCUT2D eigenvalue weighted by Gasteiger charge is 2.44. The Kier molecular flexibility index (Phi) is 3.85. The van der Waals surface area contributed by atoms with Crippen LogP contribution in [0, 0.1) is 5.92 Å². The molecular weight excluding hydrogens is 276 g/mol. The Balaban J connectivity index is 2.86. The normalized spacial score (nSPS) is 16.6. The molecular formula is C10H13BrN2O3. The number of rotatable bonds is 4. The number of imide groups is 2. The number of carbonyl (C=O) groups is 3. The number of nitrogens with zero attached hydrogens (tertiary/aromatic N) is 2. The van der Waals surface area contributed by atoms with E-state index in [9.17, 15) is 14.4 Å². The molecule has 0 aromatic rings. The Morgan fingerprint density at radius 3 is 2.19 bits per heavy atom. The van der Waals surface area contributed by atoms with Gasteiger partial charge in [-0.05, 0) is 5.92 Å². The lowest BCUT2D eigenvalue weighted by molar-refractivity contribution is -0.143. The van der Waals surface area contributed by atoms with Crippen LogP contribution in [0.15, 0.2) is 11.1 Å². The molecule has 1 aliphatic heterocycles. The van der Waals surface area contributed by atoms with Crippen molar-refractivity contribution in [2.24, 2.45) is 5.92 Å². The van der Waals surface area contributed by atoms with Crippen LogP contribution in [0.4, 0.5) is 4.79 Å². The zero-order chi connectivity index (χ0) is 12.5. The van der Waals surface area contributed by atoms with Crippen LogP contribution in [0.25, 0.3) is 0 Å². The van der Waals surface area contributed by atoms with Gasteiger partial charge >= 0.3 is 17.8 Å². The molecule has 0 atom stereocenters. The zero-order valence-corrected chi connectivity index (χ0v) is 10.8. The summed E-state index contributed by atoms with van der Waals surface area (Å²) in [6.45, 7) is 7.57. The lowest BCUT2D eigenvalue weighted by Gasteiger charge is -2.16. The number of hydrogen-bond donors (Lipinski definition) is 0. The standard InChI is InChI=1S/C10H13BrN2O3/c1-6(2)4-12-8(14)9(15)13(10(12)16)5-7(3)11/h6H,3-5H2,1-2H3. The Morgan fingerprint density at radius 2 is 1.75 bits per heavy atom. The van der Waals surface area contributed by atoms with Crippen LogP contribution in [0.3, 0.4) is 0 Å². The van der Waals surface area contributed by atoms with Gasteiger partial charge in [0.25, 0.3) is 0 Å². The van der Waals surface area contributed by atoms with Crippen molar-refractivity contribution < 1.29 is 14.4 Å². The van der Waals surface area contributed by atoms with E-state index in [4.69, 9.17) is 0 Å². The Labute approximate surface area is 102 Å². The Morgan fingerprint density at radius 1 is 1.25 bits per heavy atom. The summed E-state index contributed by atoms with van der Waals surface area (Å²) >= 11 is 3.06. The summed E-state index contributed by atoms with van der Waals surface area (Å²) in [5.74, 6) is -1.41. The lowest BCUT2D eigenvalue weighted by atomic mass is 10.2. The second-order valence-electron chi connectivity index (χ2n) is 4.00. The van der Waals surface area contributed by atoms with Crippen LogP contribution in [0.1, 0.15) is 13.8 Å². The molecule has 0 N–H and O–H groups in total. The summed E-state index contributed by atoms with van der Waals surface area (Å²) in [5, 5.41) is 0. The van der Waals surface area contributed by atoms with Crippen LogP contribution in [0.5, 0.6) is 0 Å². The molecule has 0 aromatic heterocycles. The summed E-state index contributed by atoms with van der Waals surface area (Å²) in [6.07, 6.45) is 0. The highest BCUT2D eigenvalue weighted by Crippen LogP contribution is 2.16. The molecule has 6 heteroatoms. The fourth-order valence-corrected chi connectivity index (χ4v) is 1.64. The molecule has 1 rings (SSSR count). The largest absolute Gasteiger partial charge is 0.334 e. The first kappa shape index (κ1) is 12.9. The van der Waals surface area contributed by atoms with Gasteiger partial charge in [-0.2, -0.15) is 0 Å². The number of hydrogen-bond acceptors (Lipinski definition) is 3. The van der Waals surface area contributed by atoms with Gasteiger partial charge in [0, 0.05) is 11.0 Å². The third-order valence-electron chi connectivity index (χ3n) is 2.01. The first-order valence-corrected chi connectivity index (χ1v) is 5.64. The molecule has 16 heavy (non-hydrogen) atoms. The van der Waals surface area contributed by atoms with E-state index >= 15 is 0 Å². The molecule has 0 aliphatic carbocycles. The molecule has 0 aromatic carbocycles. The SMILES string of the molecule is C=C(Br)CN1C(=O)C(=O)N(CC(C)C)C1=O. The summed E-state index contributed by atoms with van der Waals surface area (Å²) < 4.78 is 0.480. The van der Waals surface area contributed by atoms with Crippen molar-refractivity contribution in [1.29, 1.82) is 0 Å². The molecule has 5 nitrogen and oxygen atoms in total. The van der Waals surface area contributed by atoms with Gasteiger partial charge in [0.05, 0.1) is 6.54 Å². The number of halogens is 1. The molecule has 4 amide bonds. The van der Waals surface area contributed by atoms with E-state index in [0.717, 1.165) is 9.80 Å². The molecule has 0 radical (unpaired) electrons. The van der Waals surface area contributed by atoms with Crippen LogP contribution >= 0.6 is 15.9 Å². The Hall–Kier alpha value is -1.17. The van der Waals surface area contributed by atoms with Crippen molar-refractivity contribution in [1.82, 2.24) is 9.80 Å². The molecule has 0 spiro atoms. The molecule has 88 valence electrons. The number of amides is 4. The maximum atomic E-state index is 11.7. The van der Waals surface area contributed by atoms with E-state index in [1.807, 2.05) is 13.8 Å². The first-order valence-electron chi connectivity index (χ1n) is 4.85. The van der Waals surface area contributed by atoms with Gasteiger partial charge in [-0.1, -0.05) is 36.4 Å². The molecule has 1 heterocycles. The number of carbonyl (C=O) groups excluding carboxylic acids is 3. The van der Waals surface area contributed by atoms with Gasteiger partial charge in [0.2, 0.25) is 0 Å². The highest BCUT2D eigenvalue weighted by atomic mass is 79.9. The molecule has 1 aliphatic rings. The van der Waals surface area contributed by atoms with E-state index in [2.05, 4.69) is 22.5 Å². The third kappa shape index (κ3) is 2.49. The van der Waals surface area contributed by atoms with Gasteiger partial charge in [-0.15, -0.1) is 0 Å². The average molecular weight is 289 g/mol. The maximum Gasteiger partial charge on any atom is 0.334 e. The smallest absolute Gasteiger partial charge is 0.263 e. The molecule has 0 unspecified atom stereocenters. The zero-order valence-electron chi connectivity index (χ0n) is 9.20. The van der Waals surface area contributed by atoms with Crippen LogP contribution < -0.4 is 0 Å². The predicted molar refractivity (Wildman–Crippen MR) is 61.7 cm³/mol. The summed E-state index contributed by atoms with van der Waals surface area (Å²) in [7, 11) is 0. The third-order valence-corrected chi connectivity index (χ3v) is 2.26. The van der Waals surface area contributed by atoms with Crippen molar-refractivity contribution in [2.45, 2.75) is 13.8 Å². The summed E-state index contributed by atoms with van der Waals surface area (Å²) in [4.78, 5) is 36.6. The first-order chi connectivity index (χ1) is 7.34. The van der Waals surface area contributed by atoms with Crippen molar-refractivity contribution in [3.63, 3.8) is 0 Å². The van der Waals surface area contributed by atoms with Crippen molar-refractivity contribution in [3.8, 4) is 0 Å². The minimum Gasteiger partial charge on any atom is -0.263 e. The van der Waals surface area contributed by atoms with Gasteiger partial charge in [-0.3, -0.25) is 19.4 Å². The van der Waals surface area contributed by atoms with Gasteiger partial charge < -0.3 is 0 Å². The highest BCUT2D eigenvalue weighted by molar-refractivity contribution is 9.11. The van der Waals surface area contributed by atoms with Crippen molar-refractivity contribution in [3.05, 3.63) is 11.1 Å². The quantitative estimate of drug-likeness (QED) is 0.579. The number of urea groups is 1. The van der Waals surface area contributed by atoms with Gasteiger partial charge in [-0.25, -0.2) is 4.79 Å². The summed E-state index contributed by atoms with van der Waals surface area (Å²) in [5.41, 5.74) is 0. The monoisotopic (exact) mass is 288 g/mol. The predicted octanol–water partition coefficient (Wildman–Crippen LogP) is 1.34. The molecule has 1 saturated heterocycles. The lowest BCUT2D eigenvalue weighted by Crippen LogP contribution is -2.36. The Bertz CT molecular complexity index is 365. The van der Waals surface area contributed by atoms with Crippen LogP contribution in [-0.2, 0) is 9.59 Å². The molecule has 0 bridgehead atoms.